The molecule has 5 N–H and O–H groups in total. The van der Waals surface area contributed by atoms with Gasteiger partial charge in [-0.3, -0.25) is 4.79 Å². The molecule has 6 heteroatoms. The van der Waals surface area contributed by atoms with Crippen LogP contribution < -0.4 is 16.4 Å². The number of aryl methyl sites for hydroxylation is 1. The number of rotatable bonds is 7. The van der Waals surface area contributed by atoms with Crippen molar-refractivity contribution in [2.24, 2.45) is 0 Å². The van der Waals surface area contributed by atoms with E-state index in [1.54, 1.807) is 6.08 Å². The molecular weight excluding hydrogens is 319 g/mol. The van der Waals surface area contributed by atoms with Crippen molar-refractivity contribution in [3.63, 3.8) is 0 Å². The number of hydrogen-bond donors (Lipinski definition) is 4. The summed E-state index contributed by atoms with van der Waals surface area (Å²) in [6, 6.07) is 2.71. The lowest BCUT2D eigenvalue weighted by atomic mass is 10.1. The van der Waals surface area contributed by atoms with Crippen LogP contribution in [0.4, 0.5) is 21.5 Å². The number of aromatic amines is 1. The molecular formula is C19H23FN4O. The first-order valence-electron chi connectivity index (χ1n) is 7.98. The van der Waals surface area contributed by atoms with E-state index in [-0.39, 0.29) is 11.6 Å². The third-order valence-corrected chi connectivity index (χ3v) is 3.77. The Morgan fingerprint density at radius 2 is 2.16 bits per heavy atom. The van der Waals surface area contributed by atoms with Gasteiger partial charge in [0.25, 0.3) is 0 Å². The molecule has 0 atom stereocenters. The van der Waals surface area contributed by atoms with Crippen LogP contribution in [0.25, 0.3) is 6.08 Å². The number of amides is 1. The van der Waals surface area contributed by atoms with Gasteiger partial charge in [-0.2, -0.15) is 0 Å². The van der Waals surface area contributed by atoms with Crippen molar-refractivity contribution in [2.75, 3.05) is 22.9 Å². The van der Waals surface area contributed by atoms with Crippen LogP contribution in [0.15, 0.2) is 37.1 Å². The van der Waals surface area contributed by atoms with Gasteiger partial charge < -0.3 is 21.4 Å². The van der Waals surface area contributed by atoms with E-state index in [0.29, 0.717) is 24.3 Å². The number of nitrogen functional groups attached to an aromatic ring is 1. The van der Waals surface area contributed by atoms with Crippen molar-refractivity contribution in [3.05, 3.63) is 59.7 Å². The van der Waals surface area contributed by atoms with E-state index in [4.69, 9.17) is 5.73 Å². The lowest BCUT2D eigenvalue weighted by Gasteiger charge is -2.12. The lowest BCUT2D eigenvalue weighted by molar-refractivity contribution is -0.114. The van der Waals surface area contributed by atoms with Crippen LogP contribution in [0.5, 0.6) is 0 Å². The summed E-state index contributed by atoms with van der Waals surface area (Å²) in [5.41, 5.74) is 9.91. The van der Waals surface area contributed by atoms with Crippen LogP contribution >= 0.6 is 0 Å². The molecule has 0 aliphatic heterocycles. The molecule has 0 bridgehead atoms. The van der Waals surface area contributed by atoms with E-state index in [1.807, 2.05) is 25.3 Å². The van der Waals surface area contributed by atoms with Crippen LogP contribution in [0.1, 0.15) is 23.7 Å². The molecule has 0 fully saturated rings. The van der Waals surface area contributed by atoms with Gasteiger partial charge in [0.05, 0.1) is 17.1 Å². The van der Waals surface area contributed by atoms with Crippen molar-refractivity contribution in [1.82, 2.24) is 4.98 Å². The monoisotopic (exact) mass is 342 g/mol. The molecule has 0 saturated heterocycles. The minimum absolute atomic E-state index is 0.191. The van der Waals surface area contributed by atoms with Crippen LogP contribution in [0, 0.1) is 12.7 Å². The number of hydrogen-bond acceptors (Lipinski definition) is 3. The van der Waals surface area contributed by atoms with Gasteiger partial charge >= 0.3 is 0 Å². The van der Waals surface area contributed by atoms with Crippen molar-refractivity contribution < 1.29 is 9.18 Å². The second-order valence-corrected chi connectivity index (χ2v) is 5.72. The maximum Gasteiger partial charge on any atom is 0.221 e. The number of allylic oxidation sites excluding steroid dienone is 2. The first-order chi connectivity index (χ1) is 11.9. The predicted molar refractivity (Wildman–Crippen MR) is 102 cm³/mol. The van der Waals surface area contributed by atoms with Gasteiger partial charge in [-0.25, -0.2) is 4.39 Å². The summed E-state index contributed by atoms with van der Waals surface area (Å²) in [5, 5.41) is 5.65. The molecule has 0 radical (unpaired) electrons. The number of benzene rings is 1. The highest BCUT2D eigenvalue weighted by Crippen LogP contribution is 2.26. The minimum Gasteiger partial charge on any atom is -0.397 e. The number of nitrogens with two attached hydrogens (primary N) is 1. The van der Waals surface area contributed by atoms with Crippen LogP contribution in [0.2, 0.25) is 0 Å². The maximum absolute atomic E-state index is 14.1. The van der Waals surface area contributed by atoms with Gasteiger partial charge in [-0.1, -0.05) is 24.8 Å². The van der Waals surface area contributed by atoms with E-state index < -0.39 is 5.82 Å². The quantitative estimate of drug-likeness (QED) is 0.455. The second kappa shape index (κ2) is 8.19. The van der Waals surface area contributed by atoms with Gasteiger partial charge in [0, 0.05) is 31.4 Å². The van der Waals surface area contributed by atoms with Crippen LogP contribution in [-0.2, 0) is 11.2 Å². The van der Waals surface area contributed by atoms with Crippen LogP contribution in [-0.4, -0.2) is 17.4 Å². The van der Waals surface area contributed by atoms with Crippen LogP contribution in [0.3, 0.4) is 0 Å². The van der Waals surface area contributed by atoms with E-state index in [1.165, 1.54) is 19.1 Å². The van der Waals surface area contributed by atoms with E-state index in [9.17, 15) is 9.18 Å². The largest absolute Gasteiger partial charge is 0.397 e. The number of anilines is 3. The second-order valence-electron chi connectivity index (χ2n) is 5.72. The van der Waals surface area contributed by atoms with Gasteiger partial charge in [-0.05, 0) is 30.5 Å². The first-order valence-corrected chi connectivity index (χ1v) is 7.98. The molecule has 0 spiro atoms. The fourth-order valence-corrected chi connectivity index (χ4v) is 2.55. The van der Waals surface area contributed by atoms with Gasteiger partial charge in [0.1, 0.15) is 5.82 Å². The highest BCUT2D eigenvalue weighted by atomic mass is 19.1. The zero-order valence-electron chi connectivity index (χ0n) is 14.4. The Labute approximate surface area is 146 Å². The molecule has 2 rings (SSSR count). The zero-order valence-corrected chi connectivity index (χ0v) is 14.4. The zero-order chi connectivity index (χ0) is 18.4. The fraction of sp³-hybridized carbons (Fsp3) is 0.211. The van der Waals surface area contributed by atoms with E-state index in [2.05, 4.69) is 22.2 Å². The molecule has 25 heavy (non-hydrogen) atoms. The molecule has 1 aromatic carbocycles. The summed E-state index contributed by atoms with van der Waals surface area (Å²) in [4.78, 5) is 14.4. The first kappa shape index (κ1) is 18.3. The Morgan fingerprint density at radius 1 is 1.40 bits per heavy atom. The highest BCUT2D eigenvalue weighted by molar-refractivity contribution is 5.93. The average molecular weight is 342 g/mol. The topological polar surface area (TPSA) is 82.9 Å². The Kier molecular flexibility index (Phi) is 6.00. The summed E-state index contributed by atoms with van der Waals surface area (Å²) >= 11 is 0. The number of aromatic nitrogens is 1. The molecule has 0 unspecified atom stereocenters. The summed E-state index contributed by atoms with van der Waals surface area (Å²) < 4.78 is 14.1. The Hall–Kier alpha value is -3.02. The molecule has 0 aliphatic rings. The van der Waals surface area contributed by atoms with Gasteiger partial charge in [0.2, 0.25) is 5.91 Å². The van der Waals surface area contributed by atoms with Crippen molar-refractivity contribution in [1.29, 1.82) is 0 Å². The van der Waals surface area contributed by atoms with E-state index in [0.717, 1.165) is 16.8 Å². The molecule has 1 heterocycles. The predicted octanol–water partition coefficient (Wildman–Crippen LogP) is 3.86. The van der Waals surface area contributed by atoms with Crippen molar-refractivity contribution in [3.8, 4) is 0 Å². The summed E-state index contributed by atoms with van der Waals surface area (Å²) in [7, 11) is 0. The normalized spacial score (nSPS) is 10.8. The molecule has 0 saturated carbocycles. The Bertz CT molecular complexity index is 808. The SMILES string of the molecule is C=C/C=C\c1c(CCNc2cc(NC(C)=O)c(N)cc2F)c[nH]c1C. The lowest BCUT2D eigenvalue weighted by Crippen LogP contribution is -2.11. The van der Waals surface area contributed by atoms with Gasteiger partial charge in [-0.15, -0.1) is 0 Å². The minimum atomic E-state index is -0.455. The van der Waals surface area contributed by atoms with E-state index >= 15 is 0 Å². The summed E-state index contributed by atoms with van der Waals surface area (Å²) in [5.74, 6) is -0.714. The Morgan fingerprint density at radius 3 is 2.84 bits per heavy atom. The summed E-state index contributed by atoms with van der Waals surface area (Å²) in [6.07, 6.45) is 8.25. The number of halogens is 1. The van der Waals surface area contributed by atoms with Crippen molar-refractivity contribution in [2.45, 2.75) is 20.3 Å². The molecule has 5 nitrogen and oxygen atoms in total. The molecule has 132 valence electrons. The molecule has 1 amide bonds. The van der Waals surface area contributed by atoms with Crippen molar-refractivity contribution >= 4 is 29.0 Å². The third kappa shape index (κ3) is 4.73. The number of carbonyl (C=O) groups excluding carboxylic acids is 1. The smallest absolute Gasteiger partial charge is 0.221 e. The third-order valence-electron chi connectivity index (χ3n) is 3.77. The Balaban J connectivity index is 2.08. The molecule has 1 aromatic heterocycles. The summed E-state index contributed by atoms with van der Waals surface area (Å²) in [6.45, 7) is 7.59. The maximum atomic E-state index is 14.1. The molecule has 0 aliphatic carbocycles. The standard InChI is InChI=1S/C19H23FN4O/c1-4-5-6-15-12(2)23-11-14(15)7-8-22-18-10-19(24-13(3)25)17(21)9-16(18)20/h4-6,9-11,22-23H,1,7-8,21H2,2-3H3,(H,24,25)/b6-5-. The number of carbonyl (C=O) groups is 1. The molecule has 2 aromatic rings. The van der Waals surface area contributed by atoms with Gasteiger partial charge in [0.15, 0.2) is 0 Å². The average Bonchev–Trinajstić information content (AvgIpc) is 2.89. The fourth-order valence-electron chi connectivity index (χ4n) is 2.55. The number of H-pyrrole nitrogens is 1. The highest BCUT2D eigenvalue weighted by Gasteiger charge is 2.10. The number of nitrogens with one attached hydrogen (secondary N) is 3.